The molecule has 1 aromatic rings. The van der Waals surface area contributed by atoms with Crippen molar-refractivity contribution in [3.05, 3.63) is 23.8 Å². The molecule has 0 saturated carbocycles. The van der Waals surface area contributed by atoms with E-state index in [1.54, 1.807) is 12.4 Å². The highest BCUT2D eigenvalue weighted by molar-refractivity contribution is 5.96. The van der Waals surface area contributed by atoms with Gasteiger partial charge in [0.1, 0.15) is 5.78 Å². The van der Waals surface area contributed by atoms with E-state index in [9.17, 15) is 9.59 Å². The zero-order chi connectivity index (χ0) is 11.3. The zero-order valence-electron chi connectivity index (χ0n) is 8.78. The fourth-order valence-electron chi connectivity index (χ4n) is 0.988. The van der Waals surface area contributed by atoms with Gasteiger partial charge >= 0.3 is 0 Å². The number of nitrogens with zero attached hydrogens (tertiary/aromatic N) is 2. The van der Waals surface area contributed by atoms with E-state index in [-0.39, 0.29) is 18.1 Å². The Morgan fingerprint density at radius 1 is 1.33 bits per heavy atom. The fourth-order valence-corrected chi connectivity index (χ4v) is 0.988. The van der Waals surface area contributed by atoms with E-state index in [1.165, 1.54) is 6.92 Å². The molecule has 1 rings (SSSR count). The smallest absolute Gasteiger partial charge is 0.227 e. The maximum Gasteiger partial charge on any atom is 0.227 e. The van der Waals surface area contributed by atoms with Crippen LogP contribution in [-0.2, 0) is 16.1 Å². The summed E-state index contributed by atoms with van der Waals surface area (Å²) in [5.41, 5.74) is 1.51. The van der Waals surface area contributed by atoms with Gasteiger partial charge in [0.15, 0.2) is 0 Å². The van der Waals surface area contributed by atoms with Crippen molar-refractivity contribution in [2.24, 2.45) is 0 Å². The van der Waals surface area contributed by atoms with E-state index in [2.05, 4.69) is 15.3 Å². The van der Waals surface area contributed by atoms with E-state index < -0.39 is 0 Å². The largest absolute Gasteiger partial charge is 0.350 e. The van der Waals surface area contributed by atoms with Crippen molar-refractivity contribution in [3.8, 4) is 0 Å². The van der Waals surface area contributed by atoms with Crippen LogP contribution in [0.5, 0.6) is 0 Å². The lowest BCUT2D eigenvalue weighted by molar-refractivity contribution is -0.127. The molecular weight excluding hydrogens is 194 g/mol. The van der Waals surface area contributed by atoms with E-state index in [0.29, 0.717) is 12.2 Å². The molecule has 0 fully saturated rings. The summed E-state index contributed by atoms with van der Waals surface area (Å²) in [6.45, 7) is 3.52. The second-order valence-corrected chi connectivity index (χ2v) is 3.30. The van der Waals surface area contributed by atoms with Gasteiger partial charge in [-0.05, 0) is 13.8 Å². The van der Waals surface area contributed by atoms with E-state index in [1.807, 2.05) is 6.92 Å². The highest BCUT2D eigenvalue weighted by atomic mass is 16.2. The molecule has 15 heavy (non-hydrogen) atoms. The summed E-state index contributed by atoms with van der Waals surface area (Å²) in [6.07, 6.45) is 3.15. The normalized spacial score (nSPS) is 9.73. The first-order valence-corrected chi connectivity index (χ1v) is 4.61. The van der Waals surface area contributed by atoms with Crippen molar-refractivity contribution in [1.29, 1.82) is 0 Å². The number of hydrogen-bond donors (Lipinski definition) is 1. The third-order valence-corrected chi connectivity index (χ3v) is 1.71. The first-order valence-electron chi connectivity index (χ1n) is 4.61. The Hall–Kier alpha value is -1.78. The van der Waals surface area contributed by atoms with E-state index >= 15 is 0 Å². The molecule has 0 atom stereocenters. The molecule has 0 radical (unpaired) electrons. The van der Waals surface area contributed by atoms with E-state index in [0.717, 1.165) is 5.69 Å². The van der Waals surface area contributed by atoms with Gasteiger partial charge in [0.05, 0.1) is 30.6 Å². The molecule has 0 aliphatic carbocycles. The number of rotatable bonds is 4. The minimum absolute atomic E-state index is 0.0840. The molecule has 0 aliphatic heterocycles. The lowest BCUT2D eigenvalue weighted by Crippen LogP contribution is -2.24. The summed E-state index contributed by atoms with van der Waals surface area (Å²) >= 11 is 0. The summed E-state index contributed by atoms with van der Waals surface area (Å²) in [4.78, 5) is 29.8. The topological polar surface area (TPSA) is 72.0 Å². The third-order valence-electron chi connectivity index (χ3n) is 1.71. The second-order valence-electron chi connectivity index (χ2n) is 3.30. The van der Waals surface area contributed by atoms with Crippen LogP contribution in [0, 0.1) is 6.92 Å². The number of aromatic nitrogens is 2. The summed E-state index contributed by atoms with van der Waals surface area (Å²) in [5.74, 6) is -0.438. The Bertz CT molecular complexity index is 359. The van der Waals surface area contributed by atoms with Gasteiger partial charge in [0, 0.05) is 6.20 Å². The Balaban J connectivity index is 2.40. The fraction of sp³-hybridized carbons (Fsp3) is 0.400. The second kappa shape index (κ2) is 5.19. The van der Waals surface area contributed by atoms with E-state index in [4.69, 9.17) is 0 Å². The molecule has 80 valence electrons. The number of carbonyl (C=O) groups is 2. The molecule has 1 aromatic heterocycles. The molecular formula is C10H13N3O2. The van der Waals surface area contributed by atoms with Gasteiger partial charge in [-0.1, -0.05) is 0 Å². The van der Waals surface area contributed by atoms with Gasteiger partial charge in [-0.15, -0.1) is 0 Å². The number of amides is 1. The molecule has 1 heterocycles. The molecule has 0 spiro atoms. The quantitative estimate of drug-likeness (QED) is 0.724. The van der Waals surface area contributed by atoms with Crippen molar-refractivity contribution in [2.75, 3.05) is 0 Å². The monoisotopic (exact) mass is 207 g/mol. The van der Waals surface area contributed by atoms with Crippen molar-refractivity contribution in [3.63, 3.8) is 0 Å². The number of hydrogen-bond acceptors (Lipinski definition) is 4. The van der Waals surface area contributed by atoms with Gasteiger partial charge in [0.2, 0.25) is 5.91 Å². The lowest BCUT2D eigenvalue weighted by atomic mass is 10.3. The van der Waals surface area contributed by atoms with Gasteiger partial charge in [0.25, 0.3) is 0 Å². The Morgan fingerprint density at radius 3 is 2.60 bits per heavy atom. The first kappa shape index (κ1) is 11.3. The average Bonchev–Trinajstić information content (AvgIpc) is 2.16. The van der Waals surface area contributed by atoms with Crippen LogP contribution in [-0.4, -0.2) is 21.7 Å². The summed E-state index contributed by atoms with van der Waals surface area (Å²) in [7, 11) is 0. The van der Waals surface area contributed by atoms with Crippen LogP contribution in [0.2, 0.25) is 0 Å². The minimum atomic E-state index is -0.287. The standard InChI is InChI=1S/C10H13N3O2/c1-7-4-12-9(5-11-7)6-13-10(15)3-8(2)14/h4-5H,3,6H2,1-2H3,(H,13,15). The maximum atomic E-state index is 11.1. The van der Waals surface area contributed by atoms with Gasteiger partial charge < -0.3 is 5.32 Å². The Kier molecular flexibility index (Phi) is 3.91. The third kappa shape index (κ3) is 4.30. The highest BCUT2D eigenvalue weighted by Gasteiger charge is 2.04. The zero-order valence-corrected chi connectivity index (χ0v) is 8.78. The van der Waals surface area contributed by atoms with Crippen molar-refractivity contribution in [1.82, 2.24) is 15.3 Å². The van der Waals surface area contributed by atoms with Crippen LogP contribution in [0.4, 0.5) is 0 Å². The van der Waals surface area contributed by atoms with Crippen LogP contribution in [0.15, 0.2) is 12.4 Å². The highest BCUT2D eigenvalue weighted by Crippen LogP contribution is 1.93. The Morgan fingerprint density at radius 2 is 2.07 bits per heavy atom. The van der Waals surface area contributed by atoms with Crippen LogP contribution in [0.3, 0.4) is 0 Å². The van der Waals surface area contributed by atoms with Crippen LogP contribution < -0.4 is 5.32 Å². The molecule has 0 aromatic carbocycles. The van der Waals surface area contributed by atoms with Crippen LogP contribution in [0.25, 0.3) is 0 Å². The molecule has 0 bridgehead atoms. The SMILES string of the molecule is CC(=O)CC(=O)NCc1cnc(C)cn1. The molecule has 0 saturated heterocycles. The number of carbonyl (C=O) groups excluding carboxylic acids is 2. The van der Waals surface area contributed by atoms with Gasteiger partial charge in [-0.2, -0.15) is 0 Å². The summed E-state index contributed by atoms with van der Waals surface area (Å²) < 4.78 is 0. The molecule has 1 amide bonds. The predicted octanol–water partition coefficient (Wildman–Crippen LogP) is 0.380. The molecule has 0 unspecified atom stereocenters. The minimum Gasteiger partial charge on any atom is -0.350 e. The average molecular weight is 207 g/mol. The van der Waals surface area contributed by atoms with Crippen molar-refractivity contribution < 1.29 is 9.59 Å². The number of aryl methyl sites for hydroxylation is 1. The number of nitrogens with one attached hydrogen (secondary N) is 1. The number of ketones is 1. The first-order chi connectivity index (χ1) is 7.08. The molecule has 1 N–H and O–H groups in total. The predicted molar refractivity (Wildman–Crippen MR) is 53.9 cm³/mol. The van der Waals surface area contributed by atoms with Gasteiger partial charge in [-0.3, -0.25) is 19.6 Å². The van der Waals surface area contributed by atoms with Crippen molar-refractivity contribution in [2.45, 2.75) is 26.8 Å². The Labute approximate surface area is 87.9 Å². The number of Topliss-reactive ketones (excluding diaryl/α,β-unsaturated/α-hetero) is 1. The summed E-state index contributed by atoms with van der Waals surface area (Å²) in [5, 5.41) is 2.59. The van der Waals surface area contributed by atoms with Crippen molar-refractivity contribution >= 4 is 11.7 Å². The van der Waals surface area contributed by atoms with Gasteiger partial charge in [-0.25, -0.2) is 0 Å². The lowest BCUT2D eigenvalue weighted by Gasteiger charge is -2.02. The van der Waals surface area contributed by atoms with Crippen LogP contribution >= 0.6 is 0 Å². The molecule has 0 aliphatic rings. The summed E-state index contributed by atoms with van der Waals surface area (Å²) in [6, 6.07) is 0. The molecule has 5 nitrogen and oxygen atoms in total. The maximum absolute atomic E-state index is 11.1. The molecule has 5 heteroatoms. The van der Waals surface area contributed by atoms with Crippen LogP contribution in [0.1, 0.15) is 24.7 Å².